The highest BCUT2D eigenvalue weighted by molar-refractivity contribution is 5.31. The van der Waals surface area contributed by atoms with Gasteiger partial charge in [0, 0.05) is 0 Å². The number of halogens is 3. The van der Waals surface area contributed by atoms with Gasteiger partial charge < -0.3 is 4.74 Å². The number of hydrogen-bond donors (Lipinski definition) is 0. The molecule has 0 radical (unpaired) electrons. The Labute approximate surface area is 136 Å². The van der Waals surface area contributed by atoms with Gasteiger partial charge >= 0.3 is 0 Å². The lowest BCUT2D eigenvalue weighted by Crippen LogP contribution is -2.14. The molecule has 0 saturated heterocycles. The second-order valence-corrected chi connectivity index (χ2v) is 6.19. The molecule has 1 aliphatic carbocycles. The van der Waals surface area contributed by atoms with Crippen LogP contribution in [0.5, 0.6) is 5.75 Å². The first kappa shape index (κ1) is 17.9. The molecule has 128 valence electrons. The van der Waals surface area contributed by atoms with E-state index in [-0.39, 0.29) is 5.75 Å². The third kappa shape index (κ3) is 5.02. The molecule has 1 aromatic rings. The Morgan fingerprint density at radius 3 is 2.52 bits per heavy atom. The van der Waals surface area contributed by atoms with Crippen molar-refractivity contribution in [3.8, 4) is 5.75 Å². The van der Waals surface area contributed by atoms with E-state index in [2.05, 4.69) is 0 Å². The van der Waals surface area contributed by atoms with Crippen molar-refractivity contribution in [1.82, 2.24) is 0 Å². The van der Waals surface area contributed by atoms with Crippen molar-refractivity contribution in [3.05, 3.63) is 41.5 Å². The molecule has 1 saturated carbocycles. The van der Waals surface area contributed by atoms with Crippen molar-refractivity contribution < 1.29 is 17.9 Å². The van der Waals surface area contributed by atoms with Gasteiger partial charge in [0.1, 0.15) is 6.67 Å². The van der Waals surface area contributed by atoms with Gasteiger partial charge in [-0.15, -0.1) is 0 Å². The van der Waals surface area contributed by atoms with E-state index in [4.69, 9.17) is 4.74 Å². The SMILES string of the molecule is CCOc1ccc(CCC2CCC(/C=C/CF)CC2)c(F)c1F. The molecule has 1 aliphatic rings. The largest absolute Gasteiger partial charge is 0.491 e. The predicted octanol–water partition coefficient (Wildman–Crippen LogP) is 5.63. The van der Waals surface area contributed by atoms with Crippen LogP contribution in [0.15, 0.2) is 24.3 Å². The van der Waals surface area contributed by atoms with Gasteiger partial charge in [0.25, 0.3) is 0 Å². The van der Waals surface area contributed by atoms with Crippen molar-refractivity contribution in [2.75, 3.05) is 13.3 Å². The summed E-state index contributed by atoms with van der Waals surface area (Å²) >= 11 is 0. The Morgan fingerprint density at radius 1 is 1.13 bits per heavy atom. The summed E-state index contributed by atoms with van der Waals surface area (Å²) in [5.41, 5.74) is 0.422. The fourth-order valence-electron chi connectivity index (χ4n) is 3.30. The van der Waals surface area contributed by atoms with Crippen LogP contribution in [0, 0.1) is 23.5 Å². The second kappa shape index (κ2) is 8.99. The molecule has 1 aromatic carbocycles. The Bertz CT molecular complexity index is 520. The fraction of sp³-hybridized carbons (Fsp3) is 0.579. The fourth-order valence-corrected chi connectivity index (χ4v) is 3.30. The molecule has 1 fully saturated rings. The van der Waals surface area contributed by atoms with Gasteiger partial charge in [-0.2, -0.15) is 4.39 Å². The molecular weight excluding hydrogens is 301 g/mol. The standard InChI is InChI=1S/C19H25F3O/c1-2-23-17-12-11-16(18(21)19(17)22)10-9-15-7-5-14(6-8-15)4-3-13-20/h3-4,11-12,14-15H,2,5-10,13H2,1H3/b4-3+. The van der Waals surface area contributed by atoms with E-state index in [9.17, 15) is 13.2 Å². The van der Waals surface area contributed by atoms with Gasteiger partial charge in [-0.1, -0.05) is 18.2 Å². The van der Waals surface area contributed by atoms with Crippen molar-refractivity contribution >= 4 is 0 Å². The third-order valence-electron chi connectivity index (χ3n) is 4.64. The lowest BCUT2D eigenvalue weighted by Gasteiger charge is -2.26. The topological polar surface area (TPSA) is 9.23 Å². The minimum atomic E-state index is -0.885. The summed E-state index contributed by atoms with van der Waals surface area (Å²) in [6.45, 7) is 1.66. The molecule has 0 amide bonds. The molecule has 0 N–H and O–H groups in total. The summed E-state index contributed by atoms with van der Waals surface area (Å²) in [5.74, 6) is -0.672. The van der Waals surface area contributed by atoms with Crippen molar-refractivity contribution in [2.45, 2.75) is 45.4 Å². The lowest BCUT2D eigenvalue weighted by molar-refractivity contribution is 0.293. The maximum atomic E-state index is 14.0. The number of allylic oxidation sites excluding steroid dienone is 2. The van der Waals surface area contributed by atoms with E-state index >= 15 is 0 Å². The first-order chi connectivity index (χ1) is 11.2. The minimum Gasteiger partial charge on any atom is -0.491 e. The normalized spacial score (nSPS) is 21.7. The number of alkyl halides is 1. The Balaban J connectivity index is 1.85. The van der Waals surface area contributed by atoms with E-state index in [1.165, 1.54) is 6.07 Å². The number of rotatable bonds is 7. The van der Waals surface area contributed by atoms with Crippen LogP contribution in [0.25, 0.3) is 0 Å². The van der Waals surface area contributed by atoms with Gasteiger partial charge in [0.15, 0.2) is 11.6 Å². The summed E-state index contributed by atoms with van der Waals surface area (Å²) in [6.07, 6.45) is 9.23. The van der Waals surface area contributed by atoms with E-state index in [0.29, 0.717) is 30.4 Å². The molecule has 23 heavy (non-hydrogen) atoms. The van der Waals surface area contributed by atoms with Crippen molar-refractivity contribution in [2.24, 2.45) is 11.8 Å². The monoisotopic (exact) mass is 326 g/mol. The van der Waals surface area contributed by atoms with Gasteiger partial charge in [0.05, 0.1) is 6.61 Å². The average molecular weight is 326 g/mol. The second-order valence-electron chi connectivity index (χ2n) is 6.19. The van der Waals surface area contributed by atoms with Crippen LogP contribution in [-0.4, -0.2) is 13.3 Å². The van der Waals surface area contributed by atoms with Crippen LogP contribution in [0.3, 0.4) is 0 Å². The lowest BCUT2D eigenvalue weighted by atomic mass is 9.79. The smallest absolute Gasteiger partial charge is 0.200 e. The van der Waals surface area contributed by atoms with Gasteiger partial charge in [-0.05, 0) is 68.9 Å². The molecule has 0 heterocycles. The number of benzene rings is 1. The van der Waals surface area contributed by atoms with Crippen LogP contribution in [0.2, 0.25) is 0 Å². The van der Waals surface area contributed by atoms with E-state index in [1.807, 2.05) is 6.08 Å². The molecule has 2 rings (SSSR count). The molecule has 0 bridgehead atoms. The Kier molecular flexibility index (Phi) is 7.00. The first-order valence-electron chi connectivity index (χ1n) is 8.48. The summed E-state index contributed by atoms with van der Waals surface area (Å²) in [5, 5.41) is 0. The third-order valence-corrected chi connectivity index (χ3v) is 4.64. The van der Waals surface area contributed by atoms with Gasteiger partial charge in [-0.3, -0.25) is 0 Å². The highest BCUT2D eigenvalue weighted by Crippen LogP contribution is 2.33. The molecule has 0 aromatic heterocycles. The van der Waals surface area contributed by atoms with Gasteiger partial charge in [0.2, 0.25) is 5.82 Å². The highest BCUT2D eigenvalue weighted by atomic mass is 19.2. The molecule has 0 atom stereocenters. The molecule has 0 unspecified atom stereocenters. The summed E-state index contributed by atoms with van der Waals surface area (Å²) in [4.78, 5) is 0. The molecule has 4 heteroatoms. The quantitative estimate of drug-likeness (QED) is 0.590. The number of ether oxygens (including phenoxy) is 1. The minimum absolute atomic E-state index is 0.0195. The van der Waals surface area contributed by atoms with Crippen LogP contribution in [0.4, 0.5) is 13.2 Å². The molecule has 0 spiro atoms. The zero-order valence-corrected chi connectivity index (χ0v) is 13.7. The zero-order valence-electron chi connectivity index (χ0n) is 13.7. The maximum absolute atomic E-state index is 14.0. The van der Waals surface area contributed by atoms with E-state index < -0.39 is 18.3 Å². The van der Waals surface area contributed by atoms with Crippen LogP contribution >= 0.6 is 0 Å². The van der Waals surface area contributed by atoms with Gasteiger partial charge in [-0.25, -0.2) is 8.78 Å². The first-order valence-corrected chi connectivity index (χ1v) is 8.48. The maximum Gasteiger partial charge on any atom is 0.200 e. The predicted molar refractivity (Wildman–Crippen MR) is 86.4 cm³/mol. The Hall–Kier alpha value is -1.45. The summed E-state index contributed by atoms with van der Waals surface area (Å²) < 4.78 is 45.1. The molecule has 1 nitrogen and oxygen atoms in total. The Morgan fingerprint density at radius 2 is 1.87 bits per heavy atom. The zero-order chi connectivity index (χ0) is 16.7. The number of hydrogen-bond acceptors (Lipinski definition) is 1. The van der Waals surface area contributed by atoms with E-state index in [1.54, 1.807) is 19.1 Å². The average Bonchev–Trinajstić information content (AvgIpc) is 2.57. The van der Waals surface area contributed by atoms with E-state index in [0.717, 1.165) is 32.1 Å². The summed E-state index contributed by atoms with van der Waals surface area (Å²) in [6, 6.07) is 3.13. The van der Waals surface area contributed by atoms with Crippen LogP contribution in [-0.2, 0) is 6.42 Å². The molecule has 0 aliphatic heterocycles. The van der Waals surface area contributed by atoms with Crippen LogP contribution in [0.1, 0.15) is 44.6 Å². The summed E-state index contributed by atoms with van der Waals surface area (Å²) in [7, 11) is 0. The van der Waals surface area contributed by atoms with Crippen LogP contribution < -0.4 is 4.74 Å². The van der Waals surface area contributed by atoms with Crippen molar-refractivity contribution in [1.29, 1.82) is 0 Å². The highest BCUT2D eigenvalue weighted by Gasteiger charge is 2.21. The molecular formula is C19H25F3O. The number of aryl methyl sites for hydroxylation is 1. The van der Waals surface area contributed by atoms with Crippen molar-refractivity contribution in [3.63, 3.8) is 0 Å².